The first kappa shape index (κ1) is 27.5. The number of hydrogen-bond donors (Lipinski definition) is 2. The molecule has 2 aromatic heterocycles. The zero-order chi connectivity index (χ0) is 28.7. The Hall–Kier alpha value is -3.67. The fourth-order valence-electron chi connectivity index (χ4n) is 6.24. The summed E-state index contributed by atoms with van der Waals surface area (Å²) in [5, 5.41) is 0. The summed E-state index contributed by atoms with van der Waals surface area (Å²) in [7, 11) is 0. The molecule has 9 nitrogen and oxygen atoms in total. The normalized spacial score (nSPS) is 21.7. The molecule has 3 N–H and O–H groups in total. The molecule has 2 aliphatic heterocycles. The second kappa shape index (κ2) is 11.3. The van der Waals surface area contributed by atoms with Crippen LogP contribution < -0.4 is 16.2 Å². The molecular weight excluding hydrogens is 526 g/mol. The largest absolute Gasteiger partial charge is 0.376 e. The van der Waals surface area contributed by atoms with Crippen LogP contribution >= 0.6 is 0 Å². The molecule has 0 amide bonds. The van der Waals surface area contributed by atoms with Crippen LogP contribution in [-0.4, -0.2) is 62.3 Å². The quantitative estimate of drug-likeness (QED) is 0.250. The van der Waals surface area contributed by atoms with Crippen molar-refractivity contribution < 1.29 is 13.5 Å². The van der Waals surface area contributed by atoms with E-state index in [1.807, 2.05) is 31.2 Å². The first-order valence-electron chi connectivity index (χ1n) is 14.2. The van der Waals surface area contributed by atoms with E-state index in [1.165, 1.54) is 24.3 Å². The van der Waals surface area contributed by atoms with Gasteiger partial charge in [0.05, 0.1) is 18.7 Å². The summed E-state index contributed by atoms with van der Waals surface area (Å²) < 4.78 is 35.7. The number of nitrogens with two attached hydrogens (primary N) is 1. The molecule has 41 heavy (non-hydrogen) atoms. The number of fused-ring (bicyclic) bond motifs is 1. The second-order valence-corrected chi connectivity index (χ2v) is 11.1. The molecule has 2 aliphatic rings. The number of aromatic nitrogens is 4. The maximum atomic E-state index is 13.8. The highest BCUT2D eigenvalue weighted by atomic mass is 19.1. The lowest BCUT2D eigenvalue weighted by atomic mass is 9.93. The summed E-state index contributed by atoms with van der Waals surface area (Å²) >= 11 is 0. The van der Waals surface area contributed by atoms with Crippen molar-refractivity contribution >= 4 is 22.9 Å². The molecule has 0 radical (unpaired) electrons. The van der Waals surface area contributed by atoms with Crippen LogP contribution in [0.2, 0.25) is 0 Å². The minimum Gasteiger partial charge on any atom is -0.376 e. The van der Waals surface area contributed by atoms with Crippen molar-refractivity contribution in [1.29, 1.82) is 0 Å². The first-order valence-corrected chi connectivity index (χ1v) is 14.2. The van der Waals surface area contributed by atoms with Crippen molar-refractivity contribution in [2.24, 2.45) is 5.84 Å². The standard InChI is InChI=1S/C30H36F2N8O/c1-18-16-39(28-26-29(36-30(35-28)37-33)40(20(3)34-26)17-25-5-4-14-41-25)19(2)15-38(18)27(21-6-10-23(31)11-7-21)22-8-12-24(32)13-9-22/h6-13,18-19,25,27H,4-5,14-17,33H2,1-3H3,(H,35,36,37)/t18-,19+,25?/m1/s1. The lowest BCUT2D eigenvalue weighted by molar-refractivity contribution is 0.0973. The van der Waals surface area contributed by atoms with Crippen LogP contribution in [0.5, 0.6) is 0 Å². The topological polar surface area (TPSA) is 97.4 Å². The fourth-order valence-corrected chi connectivity index (χ4v) is 6.24. The number of rotatable bonds is 7. The Bertz CT molecular complexity index is 1460. The summed E-state index contributed by atoms with van der Waals surface area (Å²) in [4.78, 5) is 19.1. The molecular formula is C30H36F2N8O. The third-order valence-corrected chi connectivity index (χ3v) is 8.32. The number of ether oxygens (including phenoxy) is 1. The van der Waals surface area contributed by atoms with E-state index in [1.54, 1.807) is 0 Å². The molecule has 11 heteroatoms. The number of hydrazine groups is 1. The molecule has 0 aliphatic carbocycles. The van der Waals surface area contributed by atoms with Gasteiger partial charge in [-0.25, -0.2) is 19.6 Å². The molecule has 1 unspecified atom stereocenters. The third-order valence-electron chi connectivity index (χ3n) is 8.32. The van der Waals surface area contributed by atoms with E-state index in [9.17, 15) is 8.78 Å². The Morgan fingerprint density at radius 1 is 0.951 bits per heavy atom. The van der Waals surface area contributed by atoms with Gasteiger partial charge in [-0.15, -0.1) is 0 Å². The molecule has 0 spiro atoms. The van der Waals surface area contributed by atoms with Crippen molar-refractivity contribution in [3.63, 3.8) is 0 Å². The van der Waals surface area contributed by atoms with Crippen molar-refractivity contribution in [3.05, 3.63) is 77.1 Å². The Morgan fingerprint density at radius 3 is 2.20 bits per heavy atom. The van der Waals surface area contributed by atoms with Gasteiger partial charge >= 0.3 is 0 Å². The highest BCUT2D eigenvalue weighted by Crippen LogP contribution is 2.36. The lowest BCUT2D eigenvalue weighted by Crippen LogP contribution is -2.57. The van der Waals surface area contributed by atoms with E-state index >= 15 is 0 Å². The lowest BCUT2D eigenvalue weighted by Gasteiger charge is -2.48. The minimum absolute atomic E-state index is 0.0435. The molecule has 4 heterocycles. The van der Waals surface area contributed by atoms with Crippen molar-refractivity contribution in [1.82, 2.24) is 24.4 Å². The van der Waals surface area contributed by atoms with E-state index in [0.29, 0.717) is 25.6 Å². The fraction of sp³-hybridized carbons (Fsp3) is 0.433. The van der Waals surface area contributed by atoms with Gasteiger partial charge in [0.2, 0.25) is 5.95 Å². The smallest absolute Gasteiger partial charge is 0.241 e. The van der Waals surface area contributed by atoms with Gasteiger partial charge in [-0.1, -0.05) is 24.3 Å². The van der Waals surface area contributed by atoms with Crippen LogP contribution in [0.25, 0.3) is 11.2 Å². The molecule has 6 rings (SSSR count). The predicted octanol–water partition coefficient (Wildman–Crippen LogP) is 4.57. The van der Waals surface area contributed by atoms with Crippen molar-refractivity contribution in [2.75, 3.05) is 30.0 Å². The maximum Gasteiger partial charge on any atom is 0.241 e. The monoisotopic (exact) mass is 562 g/mol. The van der Waals surface area contributed by atoms with Gasteiger partial charge < -0.3 is 14.2 Å². The Kier molecular flexibility index (Phi) is 7.58. The number of aryl methyl sites for hydroxylation is 1. The van der Waals surface area contributed by atoms with Gasteiger partial charge in [0.1, 0.15) is 17.5 Å². The Morgan fingerprint density at radius 2 is 1.61 bits per heavy atom. The van der Waals surface area contributed by atoms with E-state index in [-0.39, 0.29) is 35.9 Å². The van der Waals surface area contributed by atoms with E-state index < -0.39 is 0 Å². The first-order chi connectivity index (χ1) is 19.8. The molecule has 0 bridgehead atoms. The number of imidazole rings is 1. The Balaban J connectivity index is 1.35. The summed E-state index contributed by atoms with van der Waals surface area (Å²) in [5.41, 5.74) is 6.01. The number of nitrogens with zero attached hydrogens (tertiary/aromatic N) is 6. The number of nitrogen functional groups attached to an aromatic ring is 1. The van der Waals surface area contributed by atoms with Crippen molar-refractivity contribution in [3.8, 4) is 0 Å². The van der Waals surface area contributed by atoms with E-state index in [2.05, 4.69) is 33.6 Å². The number of halogens is 2. The third kappa shape index (κ3) is 5.37. The minimum atomic E-state index is -0.288. The van der Waals surface area contributed by atoms with Crippen LogP contribution in [0.15, 0.2) is 48.5 Å². The molecule has 3 atom stereocenters. The molecule has 0 saturated carbocycles. The molecule has 2 fully saturated rings. The molecule has 2 saturated heterocycles. The van der Waals surface area contributed by atoms with Crippen molar-refractivity contribution in [2.45, 2.75) is 64.4 Å². The van der Waals surface area contributed by atoms with E-state index in [0.717, 1.165) is 53.4 Å². The Labute approximate surface area is 238 Å². The predicted molar refractivity (Wildman–Crippen MR) is 154 cm³/mol. The molecule has 2 aromatic carbocycles. The summed E-state index contributed by atoms with van der Waals surface area (Å²) in [6, 6.07) is 13.1. The zero-order valence-corrected chi connectivity index (χ0v) is 23.6. The van der Waals surface area contributed by atoms with Gasteiger partial charge in [0, 0.05) is 31.8 Å². The molecule has 4 aromatic rings. The van der Waals surface area contributed by atoms with Crippen LogP contribution in [0.4, 0.5) is 20.5 Å². The maximum absolute atomic E-state index is 13.8. The number of piperazine rings is 1. The summed E-state index contributed by atoms with van der Waals surface area (Å²) in [5.74, 6) is 7.17. The number of hydrogen-bond acceptors (Lipinski definition) is 8. The van der Waals surface area contributed by atoms with Crippen LogP contribution in [0.3, 0.4) is 0 Å². The van der Waals surface area contributed by atoms with Gasteiger partial charge in [-0.05, 0) is 69.0 Å². The molecule has 216 valence electrons. The number of anilines is 2. The number of benzene rings is 2. The van der Waals surface area contributed by atoms with Crippen LogP contribution in [0, 0.1) is 18.6 Å². The average molecular weight is 563 g/mol. The van der Waals surface area contributed by atoms with Crippen LogP contribution in [-0.2, 0) is 11.3 Å². The van der Waals surface area contributed by atoms with Gasteiger partial charge in [0.25, 0.3) is 0 Å². The summed E-state index contributed by atoms with van der Waals surface area (Å²) in [6.45, 7) is 9.12. The summed E-state index contributed by atoms with van der Waals surface area (Å²) in [6.07, 6.45) is 2.21. The number of nitrogens with one attached hydrogen (secondary N) is 1. The highest BCUT2D eigenvalue weighted by molar-refractivity contribution is 5.85. The van der Waals surface area contributed by atoms with Gasteiger partial charge in [-0.2, -0.15) is 9.97 Å². The zero-order valence-electron chi connectivity index (χ0n) is 23.6. The highest BCUT2D eigenvalue weighted by Gasteiger charge is 2.37. The SMILES string of the molecule is Cc1nc2c(N3C[C@@H](C)N(C(c4ccc(F)cc4)c4ccc(F)cc4)C[C@@H]3C)nc(NN)nc2n1CC1CCCO1. The average Bonchev–Trinajstić information content (AvgIpc) is 3.60. The van der Waals surface area contributed by atoms with E-state index in [4.69, 9.17) is 25.5 Å². The second-order valence-electron chi connectivity index (χ2n) is 11.1. The van der Waals surface area contributed by atoms with Crippen LogP contribution in [0.1, 0.15) is 49.7 Å². The van der Waals surface area contributed by atoms with Gasteiger partial charge in [-0.3, -0.25) is 10.3 Å². The van der Waals surface area contributed by atoms with Gasteiger partial charge in [0.15, 0.2) is 17.0 Å².